The molecule has 2 aromatic rings. The Morgan fingerprint density at radius 2 is 2.04 bits per heavy atom. The smallest absolute Gasteiger partial charge is 0.274 e. The minimum Gasteiger partial charge on any atom is -0.353 e. The zero-order valence-corrected chi connectivity index (χ0v) is 15.4. The summed E-state index contributed by atoms with van der Waals surface area (Å²) < 4.78 is 1.94. The van der Waals surface area contributed by atoms with Crippen molar-refractivity contribution >= 4 is 23.3 Å². The van der Waals surface area contributed by atoms with Crippen LogP contribution in [0.4, 0.5) is 5.82 Å². The van der Waals surface area contributed by atoms with E-state index in [1.807, 2.05) is 34.0 Å². The average molecular weight is 375 g/mol. The number of pyridine rings is 1. The Balaban J connectivity index is 1.36. The summed E-state index contributed by atoms with van der Waals surface area (Å²) in [6.07, 6.45) is 5.84. The molecule has 0 spiro atoms. The summed E-state index contributed by atoms with van der Waals surface area (Å²) in [4.78, 5) is 21.2. The highest BCUT2D eigenvalue weighted by Crippen LogP contribution is 2.18. The maximum atomic E-state index is 12.8. The fourth-order valence-corrected chi connectivity index (χ4v) is 3.68. The highest BCUT2D eigenvalue weighted by molar-refractivity contribution is 6.30. The molecule has 2 aliphatic heterocycles. The van der Waals surface area contributed by atoms with Gasteiger partial charge in [-0.25, -0.2) is 4.98 Å². The standard InChI is InChI=1S/C18H23ClN6O/c19-14-3-4-17(21-12-14)23-8-10-24(11-9-23)18(26)16-5-7-25(22-16)15-2-1-6-20-13-15/h3-5,7,12,15,20H,1-2,6,8-11,13H2. The number of carbonyl (C=O) groups excluding carboxylic acids is 1. The molecule has 7 nitrogen and oxygen atoms in total. The summed E-state index contributed by atoms with van der Waals surface area (Å²) in [5.74, 6) is 0.909. The number of nitrogens with one attached hydrogen (secondary N) is 1. The van der Waals surface area contributed by atoms with Crippen LogP contribution in [0, 0.1) is 0 Å². The molecule has 0 aliphatic carbocycles. The Kier molecular flexibility index (Phi) is 5.08. The predicted molar refractivity (Wildman–Crippen MR) is 101 cm³/mol. The average Bonchev–Trinajstić information content (AvgIpc) is 3.19. The van der Waals surface area contributed by atoms with Gasteiger partial charge in [-0.15, -0.1) is 0 Å². The Bertz CT molecular complexity index is 747. The van der Waals surface area contributed by atoms with Gasteiger partial charge in [0.05, 0.1) is 11.1 Å². The van der Waals surface area contributed by atoms with Crippen LogP contribution >= 0.6 is 11.6 Å². The van der Waals surface area contributed by atoms with Crippen LogP contribution in [0.1, 0.15) is 29.4 Å². The number of halogens is 1. The molecule has 0 radical (unpaired) electrons. The fourth-order valence-electron chi connectivity index (χ4n) is 3.57. The highest BCUT2D eigenvalue weighted by Gasteiger charge is 2.25. The molecule has 0 bridgehead atoms. The lowest BCUT2D eigenvalue weighted by Gasteiger charge is -2.35. The molecule has 1 unspecified atom stereocenters. The molecule has 0 saturated carbocycles. The maximum absolute atomic E-state index is 12.8. The first-order valence-corrected chi connectivity index (χ1v) is 9.50. The van der Waals surface area contributed by atoms with Crippen molar-refractivity contribution in [3.63, 3.8) is 0 Å². The molecule has 2 saturated heterocycles. The molecule has 138 valence electrons. The minimum atomic E-state index is 0.0104. The van der Waals surface area contributed by atoms with E-state index in [1.165, 1.54) is 0 Å². The second-order valence-corrected chi connectivity index (χ2v) is 7.23. The Morgan fingerprint density at radius 1 is 1.19 bits per heavy atom. The number of piperidine rings is 1. The van der Waals surface area contributed by atoms with Gasteiger partial charge in [0.1, 0.15) is 11.5 Å². The van der Waals surface area contributed by atoms with Gasteiger partial charge in [-0.1, -0.05) is 11.6 Å². The third-order valence-corrected chi connectivity index (χ3v) is 5.30. The summed E-state index contributed by atoms with van der Waals surface area (Å²) >= 11 is 5.89. The van der Waals surface area contributed by atoms with Crippen molar-refractivity contribution in [2.24, 2.45) is 0 Å². The van der Waals surface area contributed by atoms with E-state index in [-0.39, 0.29) is 5.91 Å². The molecule has 4 rings (SSSR count). The molecule has 2 fully saturated rings. The molecule has 1 atom stereocenters. The number of carbonyl (C=O) groups is 1. The summed E-state index contributed by atoms with van der Waals surface area (Å²) in [7, 11) is 0. The molecule has 4 heterocycles. The Hall–Kier alpha value is -2.12. The van der Waals surface area contributed by atoms with E-state index in [9.17, 15) is 4.79 Å². The van der Waals surface area contributed by atoms with Crippen molar-refractivity contribution in [2.75, 3.05) is 44.2 Å². The normalized spacial score (nSPS) is 21.0. The number of anilines is 1. The molecule has 8 heteroatoms. The van der Waals surface area contributed by atoms with Crippen molar-refractivity contribution in [2.45, 2.75) is 18.9 Å². The molecule has 26 heavy (non-hydrogen) atoms. The van der Waals surface area contributed by atoms with Crippen LogP contribution in [0.5, 0.6) is 0 Å². The zero-order chi connectivity index (χ0) is 17.9. The van der Waals surface area contributed by atoms with Crippen molar-refractivity contribution in [3.8, 4) is 0 Å². The minimum absolute atomic E-state index is 0.0104. The number of aromatic nitrogens is 3. The molecule has 2 aromatic heterocycles. The van der Waals surface area contributed by atoms with E-state index in [0.717, 1.165) is 44.8 Å². The van der Waals surface area contributed by atoms with Crippen molar-refractivity contribution in [1.82, 2.24) is 25.0 Å². The summed E-state index contributed by atoms with van der Waals surface area (Å²) in [6, 6.07) is 5.94. The van der Waals surface area contributed by atoms with Crippen LogP contribution in [0.2, 0.25) is 5.02 Å². The van der Waals surface area contributed by atoms with Crippen LogP contribution in [-0.2, 0) is 0 Å². The maximum Gasteiger partial charge on any atom is 0.274 e. The first-order valence-electron chi connectivity index (χ1n) is 9.12. The molecular weight excluding hydrogens is 352 g/mol. The van der Waals surface area contributed by atoms with Gasteiger partial charge in [-0.05, 0) is 37.6 Å². The molecular formula is C18H23ClN6O. The second-order valence-electron chi connectivity index (χ2n) is 6.80. The third-order valence-electron chi connectivity index (χ3n) is 5.08. The molecule has 1 amide bonds. The summed E-state index contributed by atoms with van der Waals surface area (Å²) in [5.41, 5.74) is 0.536. The van der Waals surface area contributed by atoms with Gasteiger partial charge in [0.2, 0.25) is 0 Å². The van der Waals surface area contributed by atoms with E-state index in [1.54, 1.807) is 6.20 Å². The number of amides is 1. The van der Waals surface area contributed by atoms with E-state index >= 15 is 0 Å². The van der Waals surface area contributed by atoms with E-state index in [0.29, 0.717) is 29.8 Å². The van der Waals surface area contributed by atoms with Gasteiger partial charge in [-0.2, -0.15) is 5.10 Å². The molecule has 2 aliphatic rings. The van der Waals surface area contributed by atoms with Crippen LogP contribution in [0.3, 0.4) is 0 Å². The molecule has 1 N–H and O–H groups in total. The van der Waals surface area contributed by atoms with Gasteiger partial charge >= 0.3 is 0 Å². The summed E-state index contributed by atoms with van der Waals surface area (Å²) in [5, 5.41) is 8.55. The van der Waals surface area contributed by atoms with Crippen molar-refractivity contribution in [3.05, 3.63) is 41.3 Å². The Labute approximate surface area is 157 Å². The topological polar surface area (TPSA) is 66.3 Å². The summed E-state index contributed by atoms with van der Waals surface area (Å²) in [6.45, 7) is 4.83. The van der Waals surface area contributed by atoms with Gasteiger partial charge in [-0.3, -0.25) is 9.48 Å². The first-order chi connectivity index (χ1) is 12.7. The number of piperazine rings is 1. The van der Waals surface area contributed by atoms with Gasteiger partial charge in [0.15, 0.2) is 0 Å². The van der Waals surface area contributed by atoms with Gasteiger partial charge in [0.25, 0.3) is 5.91 Å². The van der Waals surface area contributed by atoms with Crippen molar-refractivity contribution in [1.29, 1.82) is 0 Å². The lowest BCUT2D eigenvalue weighted by Crippen LogP contribution is -2.49. The first kappa shape index (κ1) is 17.3. The Morgan fingerprint density at radius 3 is 2.73 bits per heavy atom. The van der Waals surface area contributed by atoms with Crippen LogP contribution in [0.25, 0.3) is 0 Å². The van der Waals surface area contributed by atoms with Crippen LogP contribution in [0.15, 0.2) is 30.6 Å². The van der Waals surface area contributed by atoms with Gasteiger partial charge < -0.3 is 15.1 Å². The lowest BCUT2D eigenvalue weighted by atomic mass is 10.1. The largest absolute Gasteiger partial charge is 0.353 e. The predicted octanol–water partition coefficient (Wildman–Crippen LogP) is 1.82. The van der Waals surface area contributed by atoms with E-state index in [2.05, 4.69) is 20.3 Å². The lowest BCUT2D eigenvalue weighted by molar-refractivity contribution is 0.0739. The van der Waals surface area contributed by atoms with Crippen molar-refractivity contribution < 1.29 is 4.79 Å². The monoisotopic (exact) mass is 374 g/mol. The number of rotatable bonds is 3. The number of hydrogen-bond donors (Lipinski definition) is 1. The van der Waals surface area contributed by atoms with Crippen LogP contribution in [-0.4, -0.2) is 64.8 Å². The molecule has 0 aromatic carbocycles. The number of hydrogen-bond acceptors (Lipinski definition) is 5. The van der Waals surface area contributed by atoms with E-state index in [4.69, 9.17) is 11.6 Å². The SMILES string of the molecule is O=C(c1ccn(C2CCCNC2)n1)N1CCN(c2ccc(Cl)cn2)CC1. The van der Waals surface area contributed by atoms with E-state index < -0.39 is 0 Å². The zero-order valence-electron chi connectivity index (χ0n) is 14.6. The third kappa shape index (κ3) is 3.68. The second kappa shape index (κ2) is 7.63. The highest BCUT2D eigenvalue weighted by atomic mass is 35.5. The quantitative estimate of drug-likeness (QED) is 0.887. The number of nitrogens with zero attached hydrogens (tertiary/aromatic N) is 5. The van der Waals surface area contributed by atoms with Gasteiger partial charge in [0, 0.05) is 45.1 Å². The van der Waals surface area contributed by atoms with Crippen LogP contribution < -0.4 is 10.2 Å². The fraction of sp³-hybridized carbons (Fsp3) is 0.500.